The molecule has 0 unspecified atom stereocenters. The van der Waals surface area contributed by atoms with Gasteiger partial charge in [0.2, 0.25) is 0 Å². The first kappa shape index (κ1) is 45.0. The fraction of sp³-hybridized carbons (Fsp3) is 0.467. The van der Waals surface area contributed by atoms with Gasteiger partial charge >= 0.3 is 0 Å². The summed E-state index contributed by atoms with van der Waals surface area (Å²) in [6, 6.07) is 13.1. The number of nitrogens with zero attached hydrogens (tertiary/aromatic N) is 1. The molecule has 0 aliphatic rings. The van der Waals surface area contributed by atoms with Crippen LogP contribution >= 0.6 is 11.8 Å². The zero-order valence-corrected chi connectivity index (χ0v) is 36.6. The van der Waals surface area contributed by atoms with Crippen LogP contribution in [0.2, 0.25) is 0 Å². The number of aliphatic hydroxyl groups excluding tert-OH is 1. The Morgan fingerprint density at radius 2 is 1.58 bits per heavy atom. The number of hydrogen-bond acceptors (Lipinski definition) is 6. The number of pyridine rings is 1. The normalized spacial score (nSPS) is 12.9. The third kappa shape index (κ3) is 9.89. The second-order valence-electron chi connectivity index (χ2n) is 15.5. The molecule has 2 heterocycles. The van der Waals surface area contributed by atoms with Crippen molar-refractivity contribution in [3.63, 3.8) is 0 Å². The van der Waals surface area contributed by atoms with Crippen molar-refractivity contribution in [3.05, 3.63) is 83.6 Å². The van der Waals surface area contributed by atoms with Crippen molar-refractivity contribution < 1.29 is 39.5 Å². The molecule has 0 saturated carbocycles. The summed E-state index contributed by atoms with van der Waals surface area (Å²) in [6.45, 7) is 29.0. The van der Waals surface area contributed by atoms with Crippen LogP contribution in [0.15, 0.2) is 75.7 Å². The maximum Gasteiger partial charge on any atom is 0.164 e. The largest absolute Gasteiger partial charge is 0.512 e. The van der Waals surface area contributed by atoms with Crippen molar-refractivity contribution >= 4 is 45.1 Å². The minimum absolute atomic E-state index is 0. The fourth-order valence-electron chi connectivity index (χ4n) is 6.20. The third-order valence-corrected chi connectivity index (χ3v) is 11.4. The van der Waals surface area contributed by atoms with E-state index >= 15 is 0 Å². The molecule has 52 heavy (non-hydrogen) atoms. The summed E-state index contributed by atoms with van der Waals surface area (Å²) in [5.41, 5.74) is 5.71. The van der Waals surface area contributed by atoms with E-state index in [2.05, 4.69) is 59.4 Å². The van der Waals surface area contributed by atoms with E-state index in [0.29, 0.717) is 5.92 Å². The number of furan rings is 1. The number of thioether (sulfide) groups is 1. The van der Waals surface area contributed by atoms with E-state index in [1.54, 1.807) is 24.0 Å². The number of aliphatic hydroxyl groups is 1. The Balaban J connectivity index is 0.000000444. The standard InChI is InChI=1S/C30H32NO2S.C15H28O2.Ir/c1-8-19(16-18(3)4)26-22(32)11-12-23-27(26)28-24(33-23)14-15-31-29(28)20-10-13-25(34-9-2)21(17-20)30(5,6)7;1-7-14(5,8-2)12(16)11-13(17)15(6,9-3)10-4;/h8-9,11-15,17-18,32H,2,16H2,1,3-7H3;11,16H,7-10H2,1-6H3;/q-1;;/b19-8+;12-11-;. The minimum atomic E-state index is -0.337. The van der Waals surface area contributed by atoms with Gasteiger partial charge in [-0.1, -0.05) is 93.7 Å². The van der Waals surface area contributed by atoms with E-state index < -0.39 is 0 Å². The van der Waals surface area contributed by atoms with Gasteiger partial charge in [0.1, 0.15) is 22.7 Å². The molecule has 4 aromatic rings. The number of aromatic nitrogens is 1. The number of hydrogen-bond donors (Lipinski definition) is 2. The zero-order valence-electron chi connectivity index (χ0n) is 33.4. The van der Waals surface area contributed by atoms with Gasteiger partial charge in [0.25, 0.3) is 0 Å². The molecule has 4 rings (SSSR count). The van der Waals surface area contributed by atoms with Crippen molar-refractivity contribution in [1.82, 2.24) is 4.98 Å². The summed E-state index contributed by atoms with van der Waals surface area (Å²) < 4.78 is 6.26. The van der Waals surface area contributed by atoms with E-state index in [1.165, 1.54) is 11.6 Å². The first-order chi connectivity index (χ1) is 23.9. The Morgan fingerprint density at radius 1 is 0.981 bits per heavy atom. The average molecular weight is 903 g/mol. The summed E-state index contributed by atoms with van der Waals surface area (Å²) in [5, 5.41) is 24.8. The van der Waals surface area contributed by atoms with E-state index in [0.717, 1.165) is 81.3 Å². The quantitative estimate of drug-likeness (QED) is 0.0602. The summed E-state index contributed by atoms with van der Waals surface area (Å²) in [5.74, 6) is 0.999. The Hall–Kier alpha value is -3.12. The molecule has 1 radical (unpaired) electrons. The van der Waals surface area contributed by atoms with Gasteiger partial charge < -0.3 is 19.6 Å². The minimum Gasteiger partial charge on any atom is -0.512 e. The summed E-state index contributed by atoms with van der Waals surface area (Å²) >= 11 is 1.61. The number of ketones is 1. The molecule has 2 N–H and O–H groups in total. The second-order valence-corrected chi connectivity index (χ2v) is 16.5. The van der Waals surface area contributed by atoms with Gasteiger partial charge in [0.05, 0.1) is 0 Å². The number of carbonyl (C=O) groups is 1. The first-order valence-electron chi connectivity index (χ1n) is 18.4. The predicted octanol–water partition coefficient (Wildman–Crippen LogP) is 13.8. The van der Waals surface area contributed by atoms with Crippen LogP contribution in [0.1, 0.15) is 126 Å². The van der Waals surface area contributed by atoms with Crippen LogP contribution in [-0.4, -0.2) is 21.0 Å². The number of benzene rings is 2. The van der Waals surface area contributed by atoms with Crippen LogP contribution in [0.5, 0.6) is 5.75 Å². The molecule has 2 aromatic carbocycles. The van der Waals surface area contributed by atoms with Gasteiger partial charge in [-0.05, 0) is 85.2 Å². The maximum absolute atomic E-state index is 12.2. The molecule has 0 saturated heterocycles. The van der Waals surface area contributed by atoms with Crippen molar-refractivity contribution in [2.24, 2.45) is 16.7 Å². The Bertz CT molecular complexity index is 1900. The number of phenolic OH excluding ortho intramolecular Hbond substituents is 1. The van der Waals surface area contributed by atoms with Crippen LogP contribution in [0.25, 0.3) is 38.8 Å². The first-order valence-corrected chi connectivity index (χ1v) is 19.3. The van der Waals surface area contributed by atoms with Gasteiger partial charge in [0, 0.05) is 59.5 Å². The van der Waals surface area contributed by atoms with Gasteiger partial charge in [0.15, 0.2) is 5.78 Å². The topological polar surface area (TPSA) is 83.6 Å². The van der Waals surface area contributed by atoms with Crippen LogP contribution in [0, 0.1) is 22.8 Å². The molecular formula is C45H60IrNO4S-. The van der Waals surface area contributed by atoms with E-state index in [4.69, 9.17) is 9.40 Å². The third-order valence-electron chi connectivity index (χ3n) is 10.6. The molecule has 0 spiro atoms. The van der Waals surface area contributed by atoms with Crippen LogP contribution in [0.4, 0.5) is 0 Å². The number of rotatable bonds is 13. The van der Waals surface area contributed by atoms with Crippen molar-refractivity contribution in [2.75, 3.05) is 0 Å². The van der Waals surface area contributed by atoms with Crippen LogP contribution in [0.3, 0.4) is 0 Å². The molecule has 0 bridgehead atoms. The molecule has 285 valence electrons. The molecule has 0 amide bonds. The molecule has 2 aromatic heterocycles. The smallest absolute Gasteiger partial charge is 0.164 e. The Kier molecular flexibility index (Phi) is 16.3. The number of allylic oxidation sites excluding steroid dienone is 4. The molecular weight excluding hydrogens is 843 g/mol. The number of aromatic hydroxyl groups is 1. The monoisotopic (exact) mass is 903 g/mol. The van der Waals surface area contributed by atoms with Crippen molar-refractivity contribution in [3.8, 4) is 17.0 Å². The molecule has 0 atom stereocenters. The van der Waals surface area contributed by atoms with Gasteiger partial charge in [-0.25, -0.2) is 0 Å². The van der Waals surface area contributed by atoms with Crippen LogP contribution < -0.4 is 0 Å². The SMILES string of the molecule is C=CSc1c[c-]c(-c2nccc3oc4ccc(O)c(/C(=C/C)CC(C)C)c4c23)cc1C(C)(C)C.CCC(C)(CC)C(=O)/C=C(\O)C(C)(CC)CC.[Ir]. The molecule has 5 nitrogen and oxygen atoms in total. The van der Waals surface area contributed by atoms with E-state index in [-0.39, 0.29) is 53.6 Å². The van der Waals surface area contributed by atoms with Gasteiger partial charge in [-0.2, -0.15) is 11.8 Å². The number of carbonyl (C=O) groups excluding carboxylic acids is 1. The second kappa shape index (κ2) is 18.8. The summed E-state index contributed by atoms with van der Waals surface area (Å²) in [7, 11) is 0. The average Bonchev–Trinajstić information content (AvgIpc) is 3.49. The zero-order chi connectivity index (χ0) is 38.3. The Morgan fingerprint density at radius 3 is 2.10 bits per heavy atom. The van der Waals surface area contributed by atoms with E-state index in [9.17, 15) is 15.0 Å². The molecule has 7 heteroatoms. The van der Waals surface area contributed by atoms with Crippen molar-refractivity contribution in [1.29, 1.82) is 0 Å². The van der Waals surface area contributed by atoms with Crippen molar-refractivity contribution in [2.45, 2.75) is 125 Å². The summed E-state index contributed by atoms with van der Waals surface area (Å²) in [6.07, 6.45) is 9.49. The maximum atomic E-state index is 12.2. The van der Waals surface area contributed by atoms with Gasteiger partial charge in [-0.3, -0.25) is 4.79 Å². The number of fused-ring (bicyclic) bond motifs is 3. The molecule has 0 fully saturated rings. The molecule has 0 aliphatic carbocycles. The Labute approximate surface area is 330 Å². The number of phenols is 1. The van der Waals surface area contributed by atoms with E-state index in [1.807, 2.05) is 72.1 Å². The predicted molar refractivity (Wildman–Crippen MR) is 218 cm³/mol. The van der Waals surface area contributed by atoms with Gasteiger partial charge in [-0.15, -0.1) is 29.3 Å². The van der Waals surface area contributed by atoms with Crippen LogP contribution in [-0.2, 0) is 30.3 Å². The fourth-order valence-corrected chi connectivity index (χ4v) is 7.00. The molecule has 0 aliphatic heterocycles. The summed E-state index contributed by atoms with van der Waals surface area (Å²) in [4.78, 5) is 18.1.